The predicted molar refractivity (Wildman–Crippen MR) is 76.0 cm³/mol. The lowest BCUT2D eigenvalue weighted by atomic mass is 10.4. The van der Waals surface area contributed by atoms with E-state index in [1.165, 1.54) is 9.13 Å². The van der Waals surface area contributed by atoms with Crippen LogP contribution < -0.4 is 11.2 Å². The normalized spacial score (nSPS) is 11.3. The smallest absolute Gasteiger partial charge is 0.332 e. The third kappa shape index (κ3) is 2.40. The maximum absolute atomic E-state index is 12.4. The molecule has 2 heterocycles. The van der Waals surface area contributed by atoms with Gasteiger partial charge >= 0.3 is 5.69 Å². The highest BCUT2D eigenvalue weighted by atomic mass is 16.3. The highest BCUT2D eigenvalue weighted by Gasteiger charge is 2.16. The second kappa shape index (κ2) is 6.04. The van der Waals surface area contributed by atoms with Crippen molar-refractivity contribution in [1.82, 2.24) is 19.1 Å². The van der Waals surface area contributed by atoms with Crippen LogP contribution in [0.25, 0.3) is 11.2 Å². The Morgan fingerprint density at radius 1 is 1.20 bits per heavy atom. The summed E-state index contributed by atoms with van der Waals surface area (Å²) in [5, 5.41) is 8.89. The van der Waals surface area contributed by atoms with E-state index in [9.17, 15) is 9.59 Å². The monoisotopic (exact) mass is 280 g/mol. The van der Waals surface area contributed by atoms with E-state index in [1.807, 2.05) is 13.8 Å². The third-order valence-corrected chi connectivity index (χ3v) is 3.23. The summed E-state index contributed by atoms with van der Waals surface area (Å²) in [6, 6.07) is 0. The first-order chi connectivity index (χ1) is 9.63. The van der Waals surface area contributed by atoms with Gasteiger partial charge in [0.1, 0.15) is 11.3 Å². The Balaban J connectivity index is 2.74. The molecule has 0 fully saturated rings. The summed E-state index contributed by atoms with van der Waals surface area (Å²) in [5.41, 5.74) is 0.0803. The van der Waals surface area contributed by atoms with E-state index in [0.29, 0.717) is 36.4 Å². The molecule has 7 heteroatoms. The van der Waals surface area contributed by atoms with Crippen molar-refractivity contribution in [1.29, 1.82) is 0 Å². The van der Waals surface area contributed by atoms with Crippen LogP contribution in [0.15, 0.2) is 9.59 Å². The number of aromatic amines is 1. The van der Waals surface area contributed by atoms with Crippen LogP contribution >= 0.6 is 0 Å². The maximum atomic E-state index is 12.4. The van der Waals surface area contributed by atoms with Crippen molar-refractivity contribution in [2.45, 2.75) is 46.2 Å². The molecule has 0 unspecified atom stereocenters. The number of imidazole rings is 1. The molecule has 20 heavy (non-hydrogen) atoms. The Hall–Kier alpha value is -1.89. The number of hydrogen-bond acceptors (Lipinski definition) is 4. The predicted octanol–water partition coefficient (Wildman–Crippen LogP) is 0.241. The Labute approximate surface area is 115 Å². The largest absolute Gasteiger partial charge is 0.396 e. The van der Waals surface area contributed by atoms with Crippen LogP contribution in [0, 0.1) is 0 Å². The summed E-state index contributed by atoms with van der Waals surface area (Å²) in [4.78, 5) is 32.1. The molecule has 0 aliphatic rings. The molecule has 0 aromatic carbocycles. The number of aryl methyl sites for hydroxylation is 2. The molecule has 0 aliphatic heterocycles. The van der Waals surface area contributed by atoms with Gasteiger partial charge in [-0.25, -0.2) is 9.78 Å². The minimum Gasteiger partial charge on any atom is -0.396 e. The number of aromatic nitrogens is 4. The summed E-state index contributed by atoms with van der Waals surface area (Å²) < 4.78 is 2.70. The zero-order chi connectivity index (χ0) is 14.7. The Kier molecular flexibility index (Phi) is 4.39. The number of hydrogen-bond donors (Lipinski definition) is 2. The lowest BCUT2D eigenvalue weighted by Gasteiger charge is -2.09. The van der Waals surface area contributed by atoms with E-state index in [2.05, 4.69) is 9.97 Å². The number of H-pyrrole nitrogens is 1. The van der Waals surface area contributed by atoms with Gasteiger partial charge < -0.3 is 10.1 Å². The first-order valence-electron chi connectivity index (χ1n) is 6.97. The minimum absolute atomic E-state index is 0.0547. The molecule has 7 nitrogen and oxygen atoms in total. The summed E-state index contributed by atoms with van der Waals surface area (Å²) in [7, 11) is 0. The maximum Gasteiger partial charge on any atom is 0.332 e. The standard InChI is InChI=1S/C13H20N4O3/c1-3-6-16-11-10(14-9(4-2)15-11)12(19)17(13(16)20)7-5-8-18/h18H,3-8H2,1-2H3,(H,14,15). The molecule has 0 bridgehead atoms. The van der Waals surface area contributed by atoms with Crippen molar-refractivity contribution in [3.63, 3.8) is 0 Å². The molecule has 2 N–H and O–H groups in total. The molecule has 2 aromatic heterocycles. The van der Waals surface area contributed by atoms with Crippen LogP contribution in [-0.2, 0) is 19.5 Å². The van der Waals surface area contributed by atoms with Crippen molar-refractivity contribution in [3.05, 3.63) is 26.7 Å². The van der Waals surface area contributed by atoms with Crippen molar-refractivity contribution in [3.8, 4) is 0 Å². The Morgan fingerprint density at radius 2 is 1.95 bits per heavy atom. The van der Waals surface area contributed by atoms with Crippen LogP contribution in [-0.4, -0.2) is 30.8 Å². The SMILES string of the molecule is CCCn1c(=O)n(CCCO)c(=O)c2[nH]c(CC)nc21. The van der Waals surface area contributed by atoms with E-state index in [-0.39, 0.29) is 24.4 Å². The van der Waals surface area contributed by atoms with Crippen LogP contribution in [0.2, 0.25) is 0 Å². The summed E-state index contributed by atoms with van der Waals surface area (Å²) in [5.74, 6) is 0.696. The Morgan fingerprint density at radius 3 is 2.55 bits per heavy atom. The lowest BCUT2D eigenvalue weighted by molar-refractivity contribution is 0.277. The molecule has 0 radical (unpaired) electrons. The lowest BCUT2D eigenvalue weighted by Crippen LogP contribution is -2.40. The van der Waals surface area contributed by atoms with Crippen molar-refractivity contribution >= 4 is 11.2 Å². The molecular weight excluding hydrogens is 260 g/mol. The van der Waals surface area contributed by atoms with E-state index >= 15 is 0 Å². The molecule has 0 aliphatic carbocycles. The van der Waals surface area contributed by atoms with Gasteiger partial charge in [0.25, 0.3) is 5.56 Å². The molecule has 0 spiro atoms. The van der Waals surface area contributed by atoms with E-state index in [4.69, 9.17) is 5.11 Å². The van der Waals surface area contributed by atoms with Gasteiger partial charge in [-0.3, -0.25) is 13.9 Å². The first kappa shape index (κ1) is 14.5. The number of aliphatic hydroxyl groups excluding tert-OH is 1. The Bertz CT molecular complexity index is 711. The van der Waals surface area contributed by atoms with Crippen LogP contribution in [0.1, 0.15) is 32.5 Å². The number of fused-ring (bicyclic) bond motifs is 1. The van der Waals surface area contributed by atoms with Gasteiger partial charge in [0.2, 0.25) is 0 Å². The van der Waals surface area contributed by atoms with Gasteiger partial charge in [-0.05, 0) is 12.8 Å². The second-order valence-corrected chi connectivity index (χ2v) is 4.70. The van der Waals surface area contributed by atoms with E-state index < -0.39 is 0 Å². The van der Waals surface area contributed by atoms with Crippen molar-refractivity contribution in [2.75, 3.05) is 6.61 Å². The highest BCUT2D eigenvalue weighted by Crippen LogP contribution is 2.07. The highest BCUT2D eigenvalue weighted by molar-refractivity contribution is 5.69. The van der Waals surface area contributed by atoms with Gasteiger partial charge in [-0.1, -0.05) is 13.8 Å². The number of nitrogens with one attached hydrogen (secondary N) is 1. The number of aliphatic hydroxyl groups is 1. The van der Waals surface area contributed by atoms with Crippen LogP contribution in [0.3, 0.4) is 0 Å². The van der Waals surface area contributed by atoms with E-state index in [0.717, 1.165) is 6.42 Å². The molecule has 0 atom stereocenters. The summed E-state index contributed by atoms with van der Waals surface area (Å²) in [6.07, 6.45) is 1.83. The fraction of sp³-hybridized carbons (Fsp3) is 0.615. The fourth-order valence-corrected chi connectivity index (χ4v) is 2.23. The molecule has 0 amide bonds. The minimum atomic E-state index is -0.363. The van der Waals surface area contributed by atoms with Gasteiger partial charge in [-0.2, -0.15) is 0 Å². The summed E-state index contributed by atoms with van der Waals surface area (Å²) in [6.45, 7) is 4.58. The zero-order valence-electron chi connectivity index (χ0n) is 11.8. The average molecular weight is 280 g/mol. The molecule has 2 aromatic rings. The zero-order valence-corrected chi connectivity index (χ0v) is 11.8. The molecule has 0 saturated heterocycles. The topological polar surface area (TPSA) is 92.9 Å². The van der Waals surface area contributed by atoms with Gasteiger partial charge in [0.15, 0.2) is 5.65 Å². The number of rotatable bonds is 6. The van der Waals surface area contributed by atoms with Crippen molar-refractivity contribution in [2.24, 2.45) is 0 Å². The number of nitrogens with zero attached hydrogens (tertiary/aromatic N) is 3. The summed E-state index contributed by atoms with van der Waals surface area (Å²) >= 11 is 0. The van der Waals surface area contributed by atoms with Gasteiger partial charge in [0, 0.05) is 26.1 Å². The van der Waals surface area contributed by atoms with Crippen LogP contribution in [0.5, 0.6) is 0 Å². The third-order valence-electron chi connectivity index (χ3n) is 3.23. The fourth-order valence-electron chi connectivity index (χ4n) is 2.23. The van der Waals surface area contributed by atoms with Gasteiger partial charge in [0.05, 0.1) is 0 Å². The average Bonchev–Trinajstić information content (AvgIpc) is 2.88. The molecule has 0 saturated carbocycles. The van der Waals surface area contributed by atoms with Gasteiger partial charge in [-0.15, -0.1) is 0 Å². The van der Waals surface area contributed by atoms with Crippen LogP contribution in [0.4, 0.5) is 0 Å². The van der Waals surface area contributed by atoms with Crippen molar-refractivity contribution < 1.29 is 5.11 Å². The second-order valence-electron chi connectivity index (χ2n) is 4.70. The van der Waals surface area contributed by atoms with E-state index in [1.54, 1.807) is 0 Å². The molecular formula is C13H20N4O3. The first-order valence-corrected chi connectivity index (χ1v) is 6.97. The molecule has 2 rings (SSSR count). The molecule has 110 valence electrons. The quantitative estimate of drug-likeness (QED) is 0.792.